The largest absolute Gasteiger partial charge is 0.493 e. The maximum atomic E-state index is 12.7. The molecule has 0 radical (unpaired) electrons. The number of pyridine rings is 12. The number of hydrogen-bond donors (Lipinski definition) is 11. The Labute approximate surface area is 799 Å². The zero-order chi connectivity index (χ0) is 97.1. The van der Waals surface area contributed by atoms with E-state index in [-0.39, 0.29) is 77.0 Å². The molecule has 4 fully saturated rings. The van der Waals surface area contributed by atoms with Crippen LogP contribution in [0.1, 0.15) is 79.2 Å². The van der Waals surface area contributed by atoms with E-state index < -0.39 is 0 Å². The van der Waals surface area contributed by atoms with Crippen LogP contribution in [0.3, 0.4) is 0 Å². The first kappa shape index (κ1) is 92.8. The summed E-state index contributed by atoms with van der Waals surface area (Å²) in [6.45, 7) is 11.1. The third-order valence-electron chi connectivity index (χ3n) is 24.5. The maximum Gasteiger partial charge on any atom is 0.320 e. The van der Waals surface area contributed by atoms with Crippen LogP contribution in [0.5, 0.6) is 11.5 Å². The normalized spacial score (nSPS) is 16.5. The van der Waals surface area contributed by atoms with E-state index in [2.05, 4.69) is 104 Å². The summed E-state index contributed by atoms with van der Waals surface area (Å²) in [5, 5.41) is 42.4. The zero-order valence-corrected chi connectivity index (χ0v) is 76.7. The highest BCUT2D eigenvalue weighted by Crippen LogP contribution is 2.50. The molecule has 8 atom stereocenters. The molecule has 0 aliphatic heterocycles. The molecular weight excluding hydrogens is 1750 g/mol. The van der Waals surface area contributed by atoms with Gasteiger partial charge in [0.1, 0.15) is 69.7 Å². The number of anilines is 10. The van der Waals surface area contributed by atoms with Gasteiger partial charge in [-0.05, 0) is 224 Å². The molecule has 12 heterocycles. The van der Waals surface area contributed by atoms with E-state index in [0.29, 0.717) is 106 Å². The lowest BCUT2D eigenvalue weighted by Gasteiger charge is -2.12. The van der Waals surface area contributed by atoms with E-state index in [4.69, 9.17) is 48.7 Å². The van der Waals surface area contributed by atoms with Gasteiger partial charge in [-0.1, -0.05) is 109 Å². The quantitative estimate of drug-likeness (QED) is 0.0337. The third-order valence-corrected chi connectivity index (χ3v) is 24.5. The lowest BCUT2D eigenvalue weighted by atomic mass is 10.0. The van der Waals surface area contributed by atoms with Gasteiger partial charge < -0.3 is 64.7 Å². The number of aromatic nitrogens is 12. The second-order valence-corrected chi connectivity index (χ2v) is 34.0. The van der Waals surface area contributed by atoms with Crippen LogP contribution in [-0.4, -0.2) is 110 Å². The number of carbonyl (C=O) groups is 5. The fourth-order valence-corrected chi connectivity index (χ4v) is 16.6. The predicted molar refractivity (Wildman–Crippen MR) is 541 cm³/mol. The van der Waals surface area contributed by atoms with Gasteiger partial charge in [0.15, 0.2) is 0 Å². The van der Waals surface area contributed by atoms with Gasteiger partial charge in [0.2, 0.25) is 23.6 Å². The van der Waals surface area contributed by atoms with Gasteiger partial charge in [0.25, 0.3) is 0 Å². The molecule has 17 aromatic rings. The van der Waals surface area contributed by atoms with Gasteiger partial charge >= 0.3 is 6.03 Å². The summed E-state index contributed by atoms with van der Waals surface area (Å²) in [5.74, 6) is 4.88. The first-order valence-electron chi connectivity index (χ1n) is 45.2. The maximum absolute atomic E-state index is 12.7. The lowest BCUT2D eigenvalue weighted by Crippen LogP contribution is -2.24. The van der Waals surface area contributed by atoms with Crippen molar-refractivity contribution in [3.05, 3.63) is 290 Å². The molecule has 4 saturated carbocycles. The molecule has 21 rings (SSSR count). The molecule has 0 saturated heterocycles. The SMILES string of the molecule is CCOc1ccccc1-c1cc2cc(NC(=O)[C@@H]3C[C@H]3C#N)ncc2c(N)n1.CCOc1ccccc1-c1cc2cc(NC(=O)[C@H]3C[C@@H]3C#N)ncc2c(N)n1.CNC(=O)Nc1cc2cc(-c3ccccc3C)nc(N)c2cn1.Cc1ccccc1-c1cc2cc(NC(=O)[C@@H]3C[C@H]3c3cccnc3)ncc2c(N)n1.Cc1ccccc1-c1cc2cc(NC(=O)[C@H]3C[C@@H]3c3cccnc3)ncc2c(N)n1. The Morgan fingerprint density at radius 3 is 0.885 bits per heavy atom. The number of nitrogens with two attached hydrogens (primary N) is 5. The molecule has 32 nitrogen and oxygen atoms in total. The fourth-order valence-electron chi connectivity index (χ4n) is 16.6. The standard InChI is InChI=1S/2C24H21N5O.2C21H19N5O2.C17H17N5O/c2*1-14-5-2-3-7-17(14)21-9-16-10-22(27-13-20(16)23(25)28-21)29-24(30)19-11-18(19)15-6-4-8-26-12-15;2*1-2-28-18-6-4-3-5-14(18)17-8-12-9-19(24-11-16(12)20(23)25-17)26-21(27)15-7-13(15)10-22;1-10-5-3-4-6-12(10)14-7-11-8-15(22-17(23)19-2)20-9-13(11)16(18)21-14/h2*2-10,12-13,18-19H,11H2,1H3,(H2,25,28)(H,27,29,30);2*3-6,8-9,11,13,15H,2,7H2,1H3,(H2,23,25)(H,24,26,27);3-9H,1-2H3,(H2,18,21)(H2,19,20,22,23)/t2*18-,19+;2*13-,15+;/m1010./s1. The number of hydrogen-bond acceptors (Lipinski definition) is 26. The van der Waals surface area contributed by atoms with Crippen LogP contribution >= 0.6 is 0 Å². The number of amides is 6. The molecule has 4 aliphatic rings. The van der Waals surface area contributed by atoms with Gasteiger partial charge in [-0.25, -0.2) is 54.6 Å². The van der Waals surface area contributed by atoms with Crippen LogP contribution in [0, 0.1) is 78.9 Å². The summed E-state index contributed by atoms with van der Waals surface area (Å²) in [4.78, 5) is 113. The monoisotopic (exact) mass is 1840 g/mol. The summed E-state index contributed by atoms with van der Waals surface area (Å²) in [7, 11) is 1.55. The summed E-state index contributed by atoms with van der Waals surface area (Å²) in [5.41, 5.74) is 44.9. The van der Waals surface area contributed by atoms with Crippen molar-refractivity contribution in [3.8, 4) is 79.9 Å². The number of nitrogen functional groups attached to an aromatic ring is 5. The van der Waals surface area contributed by atoms with E-state index in [1.54, 1.807) is 68.6 Å². The van der Waals surface area contributed by atoms with Crippen LogP contribution in [-0.2, 0) is 19.2 Å². The van der Waals surface area contributed by atoms with Crippen molar-refractivity contribution in [2.24, 2.45) is 35.5 Å². The summed E-state index contributed by atoms with van der Waals surface area (Å²) in [6.07, 6.45) is 18.2. The molecule has 0 unspecified atom stereocenters. The van der Waals surface area contributed by atoms with E-state index in [1.165, 1.54) is 0 Å². The van der Waals surface area contributed by atoms with Crippen molar-refractivity contribution >= 4 is 142 Å². The number of nitriles is 2. The van der Waals surface area contributed by atoms with Gasteiger partial charge in [-0.15, -0.1) is 0 Å². The van der Waals surface area contributed by atoms with Crippen LogP contribution in [0.15, 0.2) is 262 Å². The number of rotatable bonds is 20. The minimum absolute atomic E-state index is 0.0168. The number of ether oxygens (including phenoxy) is 2. The van der Waals surface area contributed by atoms with Crippen molar-refractivity contribution < 1.29 is 33.4 Å². The highest BCUT2D eigenvalue weighted by molar-refractivity contribution is 6.04. The molecule has 5 aromatic carbocycles. The zero-order valence-electron chi connectivity index (χ0n) is 76.7. The molecular formula is C107H97N25O7. The number of carbonyl (C=O) groups excluding carboxylic acids is 5. The van der Waals surface area contributed by atoms with Crippen molar-refractivity contribution in [1.82, 2.24) is 65.1 Å². The van der Waals surface area contributed by atoms with Crippen LogP contribution in [0.25, 0.3) is 110 Å². The predicted octanol–water partition coefficient (Wildman–Crippen LogP) is 18.3. The molecule has 139 heavy (non-hydrogen) atoms. The second-order valence-electron chi connectivity index (χ2n) is 34.0. The molecule has 4 aliphatic carbocycles. The Hall–Kier alpha value is -18.1. The average molecular weight is 1850 g/mol. The second kappa shape index (κ2) is 41.2. The van der Waals surface area contributed by atoms with Crippen LogP contribution in [0.4, 0.5) is 63.0 Å². The number of fused-ring (bicyclic) bond motifs is 5. The Morgan fingerprint density at radius 2 is 0.619 bits per heavy atom. The molecule has 12 aromatic heterocycles. The fraction of sp³-hybridized carbons (Fsp3) is 0.187. The number of nitrogens with zero attached hydrogens (tertiary/aromatic N) is 14. The molecule has 0 bridgehead atoms. The number of benzene rings is 5. The van der Waals surface area contributed by atoms with Gasteiger partial charge in [0.05, 0.1) is 77.5 Å². The Kier molecular flexibility index (Phi) is 27.5. The first-order chi connectivity index (χ1) is 67.5. The van der Waals surface area contributed by atoms with E-state index in [9.17, 15) is 24.0 Å². The molecule has 32 heteroatoms. The van der Waals surface area contributed by atoms with Gasteiger partial charge in [-0.2, -0.15) is 10.5 Å². The molecule has 16 N–H and O–H groups in total. The number of nitrogens with one attached hydrogen (secondary N) is 6. The summed E-state index contributed by atoms with van der Waals surface area (Å²) < 4.78 is 11.4. The van der Waals surface area contributed by atoms with Crippen LogP contribution in [0.2, 0.25) is 0 Å². The number of para-hydroxylation sites is 2. The van der Waals surface area contributed by atoms with Crippen molar-refractivity contribution in [1.29, 1.82) is 10.5 Å². The molecule has 6 amide bonds. The van der Waals surface area contributed by atoms with Gasteiger partial charge in [-0.3, -0.25) is 34.5 Å². The summed E-state index contributed by atoms with van der Waals surface area (Å²) in [6, 6.07) is 69.9. The third kappa shape index (κ3) is 21.6. The van der Waals surface area contributed by atoms with Crippen molar-refractivity contribution in [2.45, 2.75) is 72.1 Å². The van der Waals surface area contributed by atoms with E-state index >= 15 is 0 Å². The Balaban J connectivity index is 0.000000120. The topological polar surface area (TPSA) is 508 Å². The number of aryl methyl sites for hydroxylation is 3. The molecule has 692 valence electrons. The Bertz CT molecular complexity index is 7320. The van der Waals surface area contributed by atoms with E-state index in [1.807, 2.05) is 235 Å². The van der Waals surface area contributed by atoms with Crippen LogP contribution < -0.4 is 70.0 Å². The van der Waals surface area contributed by atoms with Crippen molar-refractivity contribution in [2.75, 3.05) is 75.5 Å². The van der Waals surface area contributed by atoms with E-state index in [0.717, 1.165) is 140 Å². The highest BCUT2D eigenvalue weighted by atomic mass is 16.5. The summed E-state index contributed by atoms with van der Waals surface area (Å²) >= 11 is 0. The van der Waals surface area contributed by atoms with Gasteiger partial charge in [0, 0.05) is 129 Å². The number of urea groups is 1. The minimum Gasteiger partial charge on any atom is -0.493 e. The first-order valence-corrected chi connectivity index (χ1v) is 45.2. The Morgan fingerprint density at radius 1 is 0.345 bits per heavy atom. The average Bonchev–Trinajstić information content (AvgIpc) is 1.57. The highest BCUT2D eigenvalue weighted by Gasteiger charge is 2.47. The smallest absolute Gasteiger partial charge is 0.320 e. The minimum atomic E-state index is -0.321. The van der Waals surface area contributed by atoms with Crippen molar-refractivity contribution in [3.63, 3.8) is 0 Å². The molecule has 0 spiro atoms. The lowest BCUT2D eigenvalue weighted by molar-refractivity contribution is -0.118.